The molecule has 3 aliphatic rings. The Morgan fingerprint density at radius 3 is 1.69 bits per heavy atom. The van der Waals surface area contributed by atoms with Gasteiger partial charge >= 0.3 is 0 Å². The molecule has 144 valence electrons. The molecule has 0 amide bonds. The van der Waals surface area contributed by atoms with E-state index in [9.17, 15) is 0 Å². The molecule has 1 saturated carbocycles. The average molecular weight is 353 g/mol. The fourth-order valence-corrected chi connectivity index (χ4v) is 5.91. The third-order valence-corrected chi connectivity index (χ3v) is 7.32. The summed E-state index contributed by atoms with van der Waals surface area (Å²) in [5, 5.41) is 0. The van der Waals surface area contributed by atoms with Crippen molar-refractivity contribution in [2.24, 2.45) is 23.2 Å². The molecule has 0 N–H and O–H groups in total. The zero-order chi connectivity index (χ0) is 18.1. The fraction of sp³-hybridized carbons (Fsp3) is 0.692. The Kier molecular flexibility index (Phi) is 7.84. The second-order valence-corrected chi connectivity index (χ2v) is 8.91. The van der Waals surface area contributed by atoms with Crippen LogP contribution in [0.15, 0.2) is 48.6 Å². The van der Waals surface area contributed by atoms with E-state index in [1.165, 1.54) is 83.5 Å². The molecule has 0 aromatic carbocycles. The monoisotopic (exact) mass is 352 g/mol. The van der Waals surface area contributed by atoms with Gasteiger partial charge < -0.3 is 0 Å². The zero-order valence-electron chi connectivity index (χ0n) is 17.0. The predicted molar refractivity (Wildman–Crippen MR) is 115 cm³/mol. The lowest BCUT2D eigenvalue weighted by Gasteiger charge is -2.49. The van der Waals surface area contributed by atoms with Gasteiger partial charge in [-0.05, 0) is 30.6 Å². The quantitative estimate of drug-likeness (QED) is 0.329. The predicted octanol–water partition coefficient (Wildman–Crippen LogP) is 8.18. The molecule has 0 spiro atoms. The maximum absolute atomic E-state index is 2.51. The summed E-state index contributed by atoms with van der Waals surface area (Å²) in [6, 6.07) is 0. The van der Waals surface area contributed by atoms with Gasteiger partial charge in [-0.15, -0.1) is 0 Å². The number of hydrogen-bond donors (Lipinski definition) is 0. The standard InChI is InChI=1S/C26H40/c1-2-3-4-5-6-7-15-22-26(24-18-11-12-19-24,25-20-13-14-21-25)23-16-9-8-10-17-23/h11-14,18-21,23-25H,2-10,15-17,22H2,1H3. The summed E-state index contributed by atoms with van der Waals surface area (Å²) >= 11 is 0. The Morgan fingerprint density at radius 2 is 1.15 bits per heavy atom. The summed E-state index contributed by atoms with van der Waals surface area (Å²) in [4.78, 5) is 0. The highest BCUT2D eigenvalue weighted by Crippen LogP contribution is 2.55. The maximum Gasteiger partial charge on any atom is 0.00206 e. The van der Waals surface area contributed by atoms with Gasteiger partial charge in [-0.1, -0.05) is 120 Å². The highest BCUT2D eigenvalue weighted by Gasteiger charge is 2.47. The summed E-state index contributed by atoms with van der Waals surface area (Å²) < 4.78 is 0. The summed E-state index contributed by atoms with van der Waals surface area (Å²) in [5.41, 5.74) is 0.427. The van der Waals surface area contributed by atoms with Gasteiger partial charge in [-0.2, -0.15) is 0 Å². The van der Waals surface area contributed by atoms with Crippen molar-refractivity contribution in [1.82, 2.24) is 0 Å². The number of rotatable bonds is 11. The molecule has 0 radical (unpaired) electrons. The van der Waals surface area contributed by atoms with Crippen LogP contribution in [-0.4, -0.2) is 0 Å². The minimum atomic E-state index is 0.427. The first-order chi connectivity index (χ1) is 12.9. The van der Waals surface area contributed by atoms with E-state index in [1.807, 2.05) is 0 Å². The Bertz CT molecular complexity index is 460. The number of allylic oxidation sites excluding steroid dienone is 8. The molecule has 0 nitrogen and oxygen atoms in total. The minimum absolute atomic E-state index is 0.427. The molecule has 3 aliphatic carbocycles. The summed E-state index contributed by atoms with van der Waals surface area (Å²) in [6.45, 7) is 2.31. The van der Waals surface area contributed by atoms with Crippen LogP contribution in [0.4, 0.5) is 0 Å². The zero-order valence-corrected chi connectivity index (χ0v) is 17.0. The molecule has 0 atom stereocenters. The van der Waals surface area contributed by atoms with Gasteiger partial charge in [0, 0.05) is 11.8 Å². The third-order valence-electron chi connectivity index (χ3n) is 7.32. The van der Waals surface area contributed by atoms with E-state index < -0.39 is 0 Å². The van der Waals surface area contributed by atoms with Crippen LogP contribution in [-0.2, 0) is 0 Å². The number of hydrogen-bond acceptors (Lipinski definition) is 0. The van der Waals surface area contributed by atoms with Crippen LogP contribution in [0.25, 0.3) is 0 Å². The molecule has 0 aromatic heterocycles. The molecule has 0 aromatic rings. The smallest absolute Gasteiger partial charge is 0.00206 e. The summed E-state index contributed by atoms with van der Waals surface area (Å²) in [7, 11) is 0. The molecule has 3 rings (SSSR count). The fourth-order valence-electron chi connectivity index (χ4n) is 5.91. The Balaban J connectivity index is 1.69. The highest BCUT2D eigenvalue weighted by atomic mass is 14.5. The van der Waals surface area contributed by atoms with Crippen LogP contribution in [0.5, 0.6) is 0 Å². The van der Waals surface area contributed by atoms with Crippen molar-refractivity contribution in [3.63, 3.8) is 0 Å². The normalized spacial score (nSPS) is 21.4. The van der Waals surface area contributed by atoms with Crippen LogP contribution in [0.1, 0.15) is 90.4 Å². The molecule has 0 saturated heterocycles. The Hall–Kier alpha value is -1.04. The first-order valence-electron chi connectivity index (χ1n) is 11.6. The molecule has 0 aliphatic heterocycles. The van der Waals surface area contributed by atoms with Crippen LogP contribution in [0.3, 0.4) is 0 Å². The van der Waals surface area contributed by atoms with Crippen molar-refractivity contribution in [2.45, 2.75) is 90.4 Å². The van der Waals surface area contributed by atoms with Crippen molar-refractivity contribution in [2.75, 3.05) is 0 Å². The van der Waals surface area contributed by atoms with Gasteiger partial charge in [0.15, 0.2) is 0 Å². The molecular weight excluding hydrogens is 312 g/mol. The van der Waals surface area contributed by atoms with Crippen LogP contribution >= 0.6 is 0 Å². The van der Waals surface area contributed by atoms with Crippen molar-refractivity contribution < 1.29 is 0 Å². The van der Waals surface area contributed by atoms with Crippen LogP contribution in [0.2, 0.25) is 0 Å². The lowest BCUT2D eigenvalue weighted by Crippen LogP contribution is -2.42. The molecule has 26 heavy (non-hydrogen) atoms. The number of unbranched alkanes of at least 4 members (excludes halogenated alkanes) is 6. The molecule has 0 unspecified atom stereocenters. The van der Waals surface area contributed by atoms with E-state index in [1.54, 1.807) is 0 Å². The van der Waals surface area contributed by atoms with E-state index in [0.29, 0.717) is 17.3 Å². The van der Waals surface area contributed by atoms with E-state index >= 15 is 0 Å². The van der Waals surface area contributed by atoms with Crippen LogP contribution in [0, 0.1) is 23.2 Å². The van der Waals surface area contributed by atoms with Gasteiger partial charge in [0.05, 0.1) is 0 Å². The van der Waals surface area contributed by atoms with Crippen molar-refractivity contribution in [3.05, 3.63) is 48.6 Å². The van der Waals surface area contributed by atoms with Gasteiger partial charge in [0.2, 0.25) is 0 Å². The summed E-state index contributed by atoms with van der Waals surface area (Å²) in [6.07, 6.45) is 37.8. The lowest BCUT2D eigenvalue weighted by molar-refractivity contribution is 0.0440. The third kappa shape index (κ3) is 4.62. The topological polar surface area (TPSA) is 0 Å². The largest absolute Gasteiger partial charge is 0.0770 e. The lowest BCUT2D eigenvalue weighted by atomic mass is 9.54. The van der Waals surface area contributed by atoms with E-state index in [0.717, 1.165) is 5.92 Å². The van der Waals surface area contributed by atoms with Crippen molar-refractivity contribution >= 4 is 0 Å². The molecular formula is C26H40. The first kappa shape index (κ1) is 19.7. The Labute approximate surface area is 162 Å². The van der Waals surface area contributed by atoms with Crippen molar-refractivity contribution in [1.29, 1.82) is 0 Å². The van der Waals surface area contributed by atoms with Gasteiger partial charge in [-0.25, -0.2) is 0 Å². The highest BCUT2D eigenvalue weighted by molar-refractivity contribution is 5.29. The van der Waals surface area contributed by atoms with E-state index in [-0.39, 0.29) is 0 Å². The second-order valence-electron chi connectivity index (χ2n) is 8.91. The first-order valence-corrected chi connectivity index (χ1v) is 11.6. The Morgan fingerprint density at radius 1 is 0.654 bits per heavy atom. The average Bonchev–Trinajstić information content (AvgIpc) is 3.40. The molecule has 0 heteroatoms. The van der Waals surface area contributed by atoms with E-state index in [4.69, 9.17) is 0 Å². The van der Waals surface area contributed by atoms with Gasteiger partial charge in [0.25, 0.3) is 0 Å². The maximum atomic E-state index is 2.51. The van der Waals surface area contributed by atoms with Crippen LogP contribution < -0.4 is 0 Å². The molecule has 0 bridgehead atoms. The SMILES string of the molecule is CCCCCCCCCC(C1C=CC=C1)(C1C=CC=C1)C1CCCCC1. The van der Waals surface area contributed by atoms with Gasteiger partial charge in [0.1, 0.15) is 0 Å². The van der Waals surface area contributed by atoms with Crippen molar-refractivity contribution in [3.8, 4) is 0 Å². The minimum Gasteiger partial charge on any atom is -0.0770 e. The van der Waals surface area contributed by atoms with E-state index in [2.05, 4.69) is 55.5 Å². The molecule has 0 heterocycles. The molecule has 1 fully saturated rings. The second kappa shape index (κ2) is 10.3. The summed E-state index contributed by atoms with van der Waals surface area (Å²) in [5.74, 6) is 2.18. The van der Waals surface area contributed by atoms with Gasteiger partial charge in [-0.3, -0.25) is 0 Å².